The first-order valence-corrected chi connectivity index (χ1v) is 9.78. The predicted molar refractivity (Wildman–Crippen MR) is 111 cm³/mol. The molecule has 4 nitrogen and oxygen atoms in total. The van der Waals surface area contributed by atoms with Crippen molar-refractivity contribution in [3.63, 3.8) is 0 Å². The molecule has 5 heteroatoms. The van der Waals surface area contributed by atoms with Gasteiger partial charge in [-0.3, -0.25) is 14.7 Å². The Labute approximate surface area is 167 Å². The lowest BCUT2D eigenvalue weighted by Crippen LogP contribution is -2.31. The van der Waals surface area contributed by atoms with E-state index in [1.54, 1.807) is 6.20 Å². The third kappa shape index (κ3) is 4.10. The smallest absolute Gasteiger partial charge is 0.256 e. The van der Waals surface area contributed by atoms with Gasteiger partial charge in [0.25, 0.3) is 5.91 Å². The summed E-state index contributed by atoms with van der Waals surface area (Å²) in [5.74, 6) is -0.121. The van der Waals surface area contributed by atoms with Gasteiger partial charge < -0.3 is 5.32 Å². The fourth-order valence-electron chi connectivity index (χ4n) is 3.47. The van der Waals surface area contributed by atoms with Crippen molar-refractivity contribution in [3.8, 4) is 0 Å². The van der Waals surface area contributed by atoms with E-state index in [0.717, 1.165) is 36.2 Å². The number of nitrogens with one attached hydrogen (secondary N) is 1. The van der Waals surface area contributed by atoms with Gasteiger partial charge in [-0.2, -0.15) is 0 Å². The summed E-state index contributed by atoms with van der Waals surface area (Å²) >= 11 is 3.44. The zero-order valence-corrected chi connectivity index (χ0v) is 16.4. The van der Waals surface area contributed by atoms with Crippen molar-refractivity contribution in [2.45, 2.75) is 19.5 Å². The Morgan fingerprint density at radius 2 is 1.85 bits per heavy atom. The van der Waals surface area contributed by atoms with Crippen LogP contribution in [0.4, 0.5) is 5.69 Å². The second-order valence-corrected chi connectivity index (χ2v) is 7.56. The van der Waals surface area contributed by atoms with E-state index in [1.165, 1.54) is 16.7 Å². The van der Waals surface area contributed by atoms with Crippen LogP contribution in [0, 0.1) is 0 Å². The second-order valence-electron chi connectivity index (χ2n) is 6.70. The Kier molecular flexibility index (Phi) is 5.32. The van der Waals surface area contributed by atoms with Crippen molar-refractivity contribution < 1.29 is 4.79 Å². The monoisotopic (exact) mass is 421 g/mol. The van der Waals surface area contributed by atoms with Crippen LogP contribution in [-0.2, 0) is 19.5 Å². The number of rotatable bonds is 4. The van der Waals surface area contributed by atoms with Crippen molar-refractivity contribution in [1.82, 2.24) is 9.88 Å². The average Bonchev–Trinajstić information content (AvgIpc) is 2.69. The Bertz CT molecular complexity index is 959. The number of anilines is 1. The Morgan fingerprint density at radius 3 is 2.67 bits per heavy atom. The highest BCUT2D eigenvalue weighted by Crippen LogP contribution is 2.27. The van der Waals surface area contributed by atoms with E-state index in [4.69, 9.17) is 0 Å². The van der Waals surface area contributed by atoms with E-state index in [9.17, 15) is 4.79 Å². The summed E-state index contributed by atoms with van der Waals surface area (Å²) < 4.78 is 0.786. The van der Waals surface area contributed by atoms with Crippen LogP contribution in [0.1, 0.15) is 27.0 Å². The zero-order valence-electron chi connectivity index (χ0n) is 14.9. The van der Waals surface area contributed by atoms with Crippen LogP contribution < -0.4 is 5.32 Å². The maximum Gasteiger partial charge on any atom is 0.256 e. The van der Waals surface area contributed by atoms with E-state index in [2.05, 4.69) is 55.4 Å². The van der Waals surface area contributed by atoms with Gasteiger partial charge in [0, 0.05) is 30.3 Å². The van der Waals surface area contributed by atoms with E-state index >= 15 is 0 Å². The number of carbonyl (C=O) groups is 1. The number of hydrogen-bond donors (Lipinski definition) is 1. The Balaban J connectivity index is 1.50. The van der Waals surface area contributed by atoms with Crippen LogP contribution in [-0.4, -0.2) is 22.3 Å². The minimum Gasteiger partial charge on any atom is -0.320 e. The summed E-state index contributed by atoms with van der Waals surface area (Å²) in [5.41, 5.74) is 5.12. The third-order valence-electron chi connectivity index (χ3n) is 4.83. The Morgan fingerprint density at radius 1 is 1.07 bits per heavy atom. The molecule has 1 aliphatic rings. The van der Waals surface area contributed by atoms with Gasteiger partial charge in [-0.1, -0.05) is 42.5 Å². The fourth-order valence-corrected chi connectivity index (χ4v) is 3.94. The van der Waals surface area contributed by atoms with Gasteiger partial charge in [-0.25, -0.2) is 0 Å². The van der Waals surface area contributed by atoms with Gasteiger partial charge >= 0.3 is 0 Å². The van der Waals surface area contributed by atoms with E-state index in [0.29, 0.717) is 5.56 Å². The molecule has 0 fully saturated rings. The molecule has 0 saturated heterocycles. The molecule has 136 valence electrons. The molecule has 0 spiro atoms. The molecule has 4 rings (SSSR count). The van der Waals surface area contributed by atoms with Crippen LogP contribution in [0.3, 0.4) is 0 Å². The summed E-state index contributed by atoms with van der Waals surface area (Å²) in [6.07, 6.45) is 4.57. The summed E-state index contributed by atoms with van der Waals surface area (Å²) in [6, 6.07) is 17.9. The van der Waals surface area contributed by atoms with Crippen molar-refractivity contribution in [1.29, 1.82) is 0 Å². The lowest BCUT2D eigenvalue weighted by molar-refractivity contribution is 0.102. The molecule has 27 heavy (non-hydrogen) atoms. The third-order valence-corrected chi connectivity index (χ3v) is 5.53. The summed E-state index contributed by atoms with van der Waals surface area (Å²) in [6.45, 7) is 2.73. The van der Waals surface area contributed by atoms with Gasteiger partial charge in [-0.15, -0.1) is 0 Å². The molecule has 1 aliphatic heterocycles. The van der Waals surface area contributed by atoms with Crippen molar-refractivity contribution in [2.24, 2.45) is 0 Å². The first-order chi connectivity index (χ1) is 13.2. The number of nitrogens with zero attached hydrogens (tertiary/aromatic N) is 2. The molecule has 0 bridgehead atoms. The number of aromatic nitrogens is 1. The second kappa shape index (κ2) is 8.03. The van der Waals surface area contributed by atoms with Gasteiger partial charge in [-0.05, 0) is 51.2 Å². The first kappa shape index (κ1) is 17.9. The number of carbonyl (C=O) groups excluding carboxylic acids is 1. The number of pyridine rings is 1. The number of fused-ring (bicyclic) bond motifs is 1. The maximum atomic E-state index is 12.6. The van der Waals surface area contributed by atoms with E-state index in [1.807, 2.05) is 36.5 Å². The molecule has 0 saturated carbocycles. The van der Waals surface area contributed by atoms with Crippen LogP contribution in [0.5, 0.6) is 0 Å². The van der Waals surface area contributed by atoms with Crippen molar-refractivity contribution >= 4 is 27.5 Å². The number of amides is 1. The molecule has 1 amide bonds. The molecule has 1 N–H and O–H groups in total. The molecular weight excluding hydrogens is 402 g/mol. The molecule has 3 aromatic rings. The van der Waals surface area contributed by atoms with Gasteiger partial charge in [0.05, 0.1) is 17.4 Å². The van der Waals surface area contributed by atoms with Crippen LogP contribution >= 0.6 is 15.9 Å². The largest absolute Gasteiger partial charge is 0.320 e. The van der Waals surface area contributed by atoms with Crippen LogP contribution in [0.15, 0.2) is 71.5 Å². The first-order valence-electron chi connectivity index (χ1n) is 8.98. The average molecular weight is 422 g/mol. The fraction of sp³-hybridized carbons (Fsp3) is 0.182. The molecule has 0 radical (unpaired) electrons. The number of benzene rings is 2. The number of halogens is 1. The maximum absolute atomic E-state index is 12.6. The molecular formula is C22H20BrN3O. The summed E-state index contributed by atoms with van der Waals surface area (Å²) in [7, 11) is 0. The quantitative estimate of drug-likeness (QED) is 0.666. The molecule has 0 aliphatic carbocycles. The van der Waals surface area contributed by atoms with Crippen LogP contribution in [0.2, 0.25) is 0 Å². The van der Waals surface area contributed by atoms with Crippen molar-refractivity contribution in [2.75, 3.05) is 11.9 Å². The molecule has 0 unspecified atom stereocenters. The summed E-state index contributed by atoms with van der Waals surface area (Å²) in [4.78, 5) is 19.4. The van der Waals surface area contributed by atoms with Crippen molar-refractivity contribution in [3.05, 3.63) is 93.7 Å². The molecule has 2 aromatic carbocycles. The number of hydrogen-bond acceptors (Lipinski definition) is 3. The van der Waals surface area contributed by atoms with Crippen LogP contribution in [0.25, 0.3) is 0 Å². The molecule has 2 heterocycles. The minimum absolute atomic E-state index is 0.121. The lowest BCUT2D eigenvalue weighted by Gasteiger charge is -2.29. The van der Waals surface area contributed by atoms with Gasteiger partial charge in [0.15, 0.2) is 0 Å². The van der Waals surface area contributed by atoms with Gasteiger partial charge in [0.1, 0.15) is 0 Å². The lowest BCUT2D eigenvalue weighted by atomic mass is 9.99. The zero-order chi connectivity index (χ0) is 18.6. The SMILES string of the molecule is O=C(Nc1cncc2c1CCN(Cc1ccccc1)C2)c1ccccc1Br. The normalized spacial score (nSPS) is 13.8. The molecule has 1 aromatic heterocycles. The minimum atomic E-state index is -0.121. The highest BCUT2D eigenvalue weighted by Gasteiger charge is 2.21. The van der Waals surface area contributed by atoms with E-state index < -0.39 is 0 Å². The highest BCUT2D eigenvalue weighted by atomic mass is 79.9. The highest BCUT2D eigenvalue weighted by molar-refractivity contribution is 9.10. The van der Waals surface area contributed by atoms with Gasteiger partial charge in [0.2, 0.25) is 0 Å². The Hall–Kier alpha value is -2.50. The standard InChI is InChI=1S/C22H20BrN3O/c23-20-9-5-4-8-19(20)22(27)25-21-13-24-12-17-15-26(11-10-18(17)21)14-16-6-2-1-3-7-16/h1-9,12-13H,10-11,14-15H2,(H,25,27). The topological polar surface area (TPSA) is 45.2 Å². The molecule has 0 atom stereocenters. The summed E-state index contributed by atoms with van der Waals surface area (Å²) in [5, 5.41) is 3.04. The van der Waals surface area contributed by atoms with E-state index in [-0.39, 0.29) is 5.91 Å². The predicted octanol–water partition coefficient (Wildman–Crippen LogP) is 4.65.